The number of benzene rings is 2. The van der Waals surface area contributed by atoms with Crippen LogP contribution >= 0.6 is 0 Å². The molecule has 2 aromatic carbocycles. The van der Waals surface area contributed by atoms with Gasteiger partial charge in [-0.15, -0.1) is 0 Å². The molecule has 0 spiro atoms. The summed E-state index contributed by atoms with van der Waals surface area (Å²) < 4.78 is 5.95. The summed E-state index contributed by atoms with van der Waals surface area (Å²) in [5, 5.41) is 1.17. The molecule has 0 amide bonds. The molecule has 0 bridgehead atoms. The van der Waals surface area contributed by atoms with Crippen LogP contribution in [0.15, 0.2) is 54.7 Å². The first-order valence-electron chi connectivity index (χ1n) is 6.04. The fraction of sp³-hybridized carbons (Fsp3) is 0.0625. The summed E-state index contributed by atoms with van der Waals surface area (Å²) in [6.45, 7) is 0. The molecule has 0 radical (unpaired) electrons. The van der Waals surface area contributed by atoms with Gasteiger partial charge in [0.1, 0.15) is 11.5 Å². The normalized spacial score (nSPS) is 12.7. The van der Waals surface area contributed by atoms with E-state index < -0.39 is 0 Å². The van der Waals surface area contributed by atoms with E-state index in [1.54, 1.807) is 0 Å². The van der Waals surface area contributed by atoms with Crippen LogP contribution in [0.25, 0.3) is 10.9 Å². The Morgan fingerprint density at radius 1 is 0.889 bits per heavy atom. The number of ether oxygens (including phenoxy) is 1. The van der Waals surface area contributed by atoms with Gasteiger partial charge in [-0.05, 0) is 29.8 Å². The van der Waals surface area contributed by atoms with Crippen LogP contribution in [0.2, 0.25) is 0 Å². The zero-order chi connectivity index (χ0) is 11.9. The van der Waals surface area contributed by atoms with Crippen molar-refractivity contribution in [2.75, 3.05) is 0 Å². The van der Waals surface area contributed by atoms with Crippen LogP contribution < -0.4 is 4.74 Å². The molecule has 2 heteroatoms. The Morgan fingerprint density at radius 2 is 1.83 bits per heavy atom. The Balaban J connectivity index is 1.98. The van der Waals surface area contributed by atoms with Gasteiger partial charge in [0.15, 0.2) is 0 Å². The van der Waals surface area contributed by atoms with E-state index in [1.807, 2.05) is 36.5 Å². The minimum Gasteiger partial charge on any atom is -0.457 e. The molecular weight excluding hydrogens is 222 g/mol. The zero-order valence-electron chi connectivity index (χ0n) is 9.76. The highest BCUT2D eigenvalue weighted by Gasteiger charge is 2.18. The SMILES string of the molecule is c1ccc2c(c1)Cc1c(ccc3cccnc13)O2. The van der Waals surface area contributed by atoms with Gasteiger partial charge in [0.2, 0.25) is 0 Å². The number of nitrogens with zero attached hydrogens (tertiary/aromatic N) is 1. The fourth-order valence-corrected chi connectivity index (χ4v) is 2.51. The molecule has 2 nitrogen and oxygen atoms in total. The highest BCUT2D eigenvalue weighted by molar-refractivity contribution is 5.85. The van der Waals surface area contributed by atoms with E-state index in [-0.39, 0.29) is 0 Å². The number of para-hydroxylation sites is 1. The summed E-state index contributed by atoms with van der Waals surface area (Å²) in [4.78, 5) is 4.49. The monoisotopic (exact) mass is 233 g/mol. The molecule has 1 aliphatic rings. The molecule has 3 aromatic rings. The molecule has 0 fully saturated rings. The lowest BCUT2D eigenvalue weighted by atomic mass is 9.98. The summed E-state index contributed by atoms with van der Waals surface area (Å²) >= 11 is 0. The van der Waals surface area contributed by atoms with Gasteiger partial charge in [0.25, 0.3) is 0 Å². The third kappa shape index (κ3) is 1.32. The van der Waals surface area contributed by atoms with Crippen molar-refractivity contribution >= 4 is 10.9 Å². The largest absolute Gasteiger partial charge is 0.457 e. The maximum atomic E-state index is 5.95. The molecule has 1 aromatic heterocycles. The van der Waals surface area contributed by atoms with Gasteiger partial charge in [0, 0.05) is 23.6 Å². The summed E-state index contributed by atoms with van der Waals surface area (Å²) in [7, 11) is 0. The molecule has 86 valence electrons. The number of aromatic nitrogens is 1. The first kappa shape index (κ1) is 9.66. The second-order valence-electron chi connectivity index (χ2n) is 4.50. The first-order valence-corrected chi connectivity index (χ1v) is 6.04. The molecule has 0 saturated heterocycles. The van der Waals surface area contributed by atoms with Crippen molar-refractivity contribution < 1.29 is 4.74 Å². The number of rotatable bonds is 0. The number of hydrogen-bond acceptors (Lipinski definition) is 2. The first-order chi connectivity index (χ1) is 8.92. The van der Waals surface area contributed by atoms with Gasteiger partial charge in [-0.3, -0.25) is 4.98 Å². The number of fused-ring (bicyclic) bond motifs is 4. The molecule has 0 saturated carbocycles. The van der Waals surface area contributed by atoms with Crippen LogP contribution in [0.3, 0.4) is 0 Å². The maximum absolute atomic E-state index is 5.95. The highest BCUT2D eigenvalue weighted by Crippen LogP contribution is 2.38. The third-order valence-electron chi connectivity index (χ3n) is 3.40. The van der Waals surface area contributed by atoms with Gasteiger partial charge in [-0.25, -0.2) is 0 Å². The molecule has 2 heterocycles. The van der Waals surface area contributed by atoms with Crippen LogP contribution in [0, 0.1) is 0 Å². The van der Waals surface area contributed by atoms with E-state index in [0.717, 1.165) is 23.4 Å². The van der Waals surface area contributed by atoms with Crippen LogP contribution in [0.5, 0.6) is 11.5 Å². The predicted octanol–water partition coefficient (Wildman–Crippen LogP) is 3.93. The van der Waals surface area contributed by atoms with Crippen LogP contribution in [-0.2, 0) is 6.42 Å². The standard InChI is InChI=1S/C16H11NO/c1-2-6-14-12(4-1)10-13-15(18-14)8-7-11-5-3-9-17-16(11)13/h1-9H,10H2. The summed E-state index contributed by atoms with van der Waals surface area (Å²) in [6, 6.07) is 16.3. The molecule has 18 heavy (non-hydrogen) atoms. The average molecular weight is 233 g/mol. The molecule has 0 N–H and O–H groups in total. The summed E-state index contributed by atoms with van der Waals surface area (Å²) in [6.07, 6.45) is 2.73. The maximum Gasteiger partial charge on any atom is 0.133 e. The van der Waals surface area contributed by atoms with Crippen LogP contribution in [0.1, 0.15) is 11.1 Å². The average Bonchev–Trinajstić information content (AvgIpc) is 2.45. The zero-order valence-corrected chi connectivity index (χ0v) is 9.76. The van der Waals surface area contributed by atoms with Gasteiger partial charge >= 0.3 is 0 Å². The molecule has 0 aliphatic carbocycles. The highest BCUT2D eigenvalue weighted by atomic mass is 16.5. The Kier molecular flexibility index (Phi) is 1.92. The third-order valence-corrected chi connectivity index (χ3v) is 3.40. The number of pyridine rings is 1. The number of hydrogen-bond donors (Lipinski definition) is 0. The second-order valence-corrected chi connectivity index (χ2v) is 4.50. The van der Waals surface area contributed by atoms with Gasteiger partial charge < -0.3 is 4.74 Å². The van der Waals surface area contributed by atoms with Crippen LogP contribution in [0.4, 0.5) is 0 Å². The lowest BCUT2D eigenvalue weighted by Crippen LogP contribution is -2.03. The fourth-order valence-electron chi connectivity index (χ4n) is 2.51. The lowest BCUT2D eigenvalue weighted by molar-refractivity contribution is 0.461. The molecule has 1 aliphatic heterocycles. The predicted molar refractivity (Wildman–Crippen MR) is 71.1 cm³/mol. The van der Waals surface area contributed by atoms with Crippen molar-refractivity contribution in [2.24, 2.45) is 0 Å². The van der Waals surface area contributed by atoms with E-state index in [2.05, 4.69) is 23.2 Å². The second kappa shape index (κ2) is 3.57. The lowest BCUT2D eigenvalue weighted by Gasteiger charge is -2.20. The topological polar surface area (TPSA) is 22.1 Å². The van der Waals surface area contributed by atoms with Gasteiger partial charge in [0.05, 0.1) is 5.52 Å². The van der Waals surface area contributed by atoms with Gasteiger partial charge in [-0.2, -0.15) is 0 Å². The molecule has 4 rings (SSSR count). The minimum atomic E-state index is 0.889. The van der Waals surface area contributed by atoms with Gasteiger partial charge in [-0.1, -0.05) is 24.3 Å². The molecule has 0 unspecified atom stereocenters. The van der Waals surface area contributed by atoms with Crippen molar-refractivity contribution in [1.82, 2.24) is 4.98 Å². The Bertz CT molecular complexity index is 749. The van der Waals surface area contributed by atoms with E-state index in [9.17, 15) is 0 Å². The minimum absolute atomic E-state index is 0.889. The summed E-state index contributed by atoms with van der Waals surface area (Å²) in [5.74, 6) is 1.89. The summed E-state index contributed by atoms with van der Waals surface area (Å²) in [5.41, 5.74) is 3.46. The molecular formula is C16H11NO. The van der Waals surface area contributed by atoms with Crippen molar-refractivity contribution in [3.05, 3.63) is 65.9 Å². The van der Waals surface area contributed by atoms with E-state index in [4.69, 9.17) is 4.74 Å². The Labute approximate surface area is 105 Å². The molecule has 0 atom stereocenters. The van der Waals surface area contributed by atoms with E-state index in [0.29, 0.717) is 0 Å². The van der Waals surface area contributed by atoms with Crippen LogP contribution in [-0.4, -0.2) is 4.98 Å². The van der Waals surface area contributed by atoms with Crippen molar-refractivity contribution in [2.45, 2.75) is 6.42 Å². The Morgan fingerprint density at radius 3 is 2.83 bits per heavy atom. The van der Waals surface area contributed by atoms with E-state index in [1.165, 1.54) is 16.5 Å². The van der Waals surface area contributed by atoms with Crippen molar-refractivity contribution in [1.29, 1.82) is 0 Å². The van der Waals surface area contributed by atoms with Crippen molar-refractivity contribution in [3.63, 3.8) is 0 Å². The van der Waals surface area contributed by atoms with Crippen molar-refractivity contribution in [3.8, 4) is 11.5 Å². The Hall–Kier alpha value is -2.35. The quantitative estimate of drug-likeness (QED) is 0.459. The van der Waals surface area contributed by atoms with E-state index >= 15 is 0 Å². The smallest absolute Gasteiger partial charge is 0.133 e.